The highest BCUT2D eigenvalue weighted by molar-refractivity contribution is 5.80. The van der Waals surface area contributed by atoms with E-state index in [9.17, 15) is 4.79 Å². The molecular formula is C23H31N7O. The zero-order chi connectivity index (χ0) is 22.7. The third-order valence-corrected chi connectivity index (χ3v) is 5.13. The smallest absolute Gasteiger partial charge is 0.227 e. The van der Waals surface area contributed by atoms with Crippen molar-refractivity contribution >= 4 is 29.3 Å². The molecule has 1 aromatic carbocycles. The summed E-state index contributed by atoms with van der Waals surface area (Å²) in [4.78, 5) is 24.8. The second-order valence-corrected chi connectivity index (χ2v) is 8.17. The molecule has 0 aliphatic heterocycles. The second-order valence-electron chi connectivity index (χ2n) is 8.17. The fourth-order valence-electron chi connectivity index (χ4n) is 3.77. The highest BCUT2D eigenvalue weighted by Crippen LogP contribution is 2.34. The molecule has 0 aliphatic rings. The van der Waals surface area contributed by atoms with Crippen molar-refractivity contribution in [2.75, 3.05) is 29.2 Å². The molecule has 164 valence electrons. The Bertz CT molecular complexity index is 1060. The van der Waals surface area contributed by atoms with Gasteiger partial charge in [0.1, 0.15) is 6.29 Å². The number of benzene rings is 1. The van der Waals surface area contributed by atoms with Gasteiger partial charge in [-0.2, -0.15) is 5.10 Å². The molecule has 8 heteroatoms. The lowest BCUT2D eigenvalue weighted by Gasteiger charge is -2.35. The summed E-state index contributed by atoms with van der Waals surface area (Å²) in [5.74, 6) is 0.504. The summed E-state index contributed by atoms with van der Waals surface area (Å²) >= 11 is 0. The lowest BCUT2D eigenvalue weighted by atomic mass is 10.1. The minimum Gasteiger partial charge on any atom is -0.376 e. The Morgan fingerprint density at radius 2 is 1.87 bits per heavy atom. The molecule has 0 amide bonds. The molecule has 0 saturated carbocycles. The van der Waals surface area contributed by atoms with Gasteiger partial charge in [-0.1, -0.05) is 0 Å². The molecule has 1 N–H and O–H groups in total. The van der Waals surface area contributed by atoms with E-state index in [0.29, 0.717) is 5.95 Å². The maximum atomic E-state index is 11.6. The van der Waals surface area contributed by atoms with Crippen LogP contribution in [0.4, 0.5) is 23.0 Å². The van der Waals surface area contributed by atoms with Crippen LogP contribution in [0.3, 0.4) is 0 Å². The van der Waals surface area contributed by atoms with Crippen molar-refractivity contribution in [1.29, 1.82) is 0 Å². The highest BCUT2D eigenvalue weighted by Gasteiger charge is 2.21. The predicted octanol–water partition coefficient (Wildman–Crippen LogP) is 3.80. The normalized spacial score (nSPS) is 12.0. The Balaban J connectivity index is 1.98. The van der Waals surface area contributed by atoms with E-state index in [2.05, 4.69) is 39.1 Å². The zero-order valence-corrected chi connectivity index (χ0v) is 19.3. The number of aryl methyl sites for hydroxylation is 2. The molecule has 0 saturated heterocycles. The lowest BCUT2D eigenvalue weighted by molar-refractivity contribution is -0.108. The number of carbonyl (C=O) groups excluding carboxylic acids is 1. The maximum Gasteiger partial charge on any atom is 0.227 e. The summed E-state index contributed by atoms with van der Waals surface area (Å²) < 4.78 is 1.78. The standard InChI is InChI=1S/C23H31N7O/c1-15(2)30(16(3)14-31)22-12-18(8-9-21(22)28(5)6)25-23-24-11-10-20(26-23)19-13-29(7)27-17(19)4/h8-16H,1-7H3,(H,24,25,26). The molecule has 3 rings (SSSR count). The Hall–Kier alpha value is -3.42. The molecular weight excluding hydrogens is 390 g/mol. The Morgan fingerprint density at radius 1 is 1.13 bits per heavy atom. The molecule has 1 unspecified atom stereocenters. The van der Waals surface area contributed by atoms with Crippen LogP contribution in [0.25, 0.3) is 11.3 Å². The Morgan fingerprint density at radius 3 is 2.45 bits per heavy atom. The van der Waals surface area contributed by atoms with Gasteiger partial charge in [0.05, 0.1) is 28.8 Å². The summed E-state index contributed by atoms with van der Waals surface area (Å²) in [5, 5.41) is 7.71. The first-order valence-electron chi connectivity index (χ1n) is 10.4. The minimum atomic E-state index is -0.248. The largest absolute Gasteiger partial charge is 0.376 e. The van der Waals surface area contributed by atoms with Crippen LogP contribution in [0, 0.1) is 6.92 Å². The molecule has 0 aliphatic carbocycles. The van der Waals surface area contributed by atoms with E-state index in [1.54, 1.807) is 10.9 Å². The monoisotopic (exact) mass is 421 g/mol. The maximum absolute atomic E-state index is 11.6. The summed E-state index contributed by atoms with van der Waals surface area (Å²) in [6.07, 6.45) is 4.66. The van der Waals surface area contributed by atoms with E-state index in [0.717, 1.165) is 40.3 Å². The van der Waals surface area contributed by atoms with Crippen LogP contribution < -0.4 is 15.1 Å². The van der Waals surface area contributed by atoms with Crippen LogP contribution in [0.1, 0.15) is 26.5 Å². The molecule has 3 aromatic rings. The minimum absolute atomic E-state index is 0.155. The van der Waals surface area contributed by atoms with Crippen LogP contribution in [0.2, 0.25) is 0 Å². The first-order chi connectivity index (χ1) is 14.7. The molecule has 0 fully saturated rings. The van der Waals surface area contributed by atoms with E-state index in [1.165, 1.54) is 0 Å². The van der Waals surface area contributed by atoms with Crippen molar-refractivity contribution in [3.8, 4) is 11.3 Å². The zero-order valence-electron chi connectivity index (χ0n) is 19.3. The second kappa shape index (κ2) is 9.16. The molecule has 0 bridgehead atoms. The van der Waals surface area contributed by atoms with Gasteiger partial charge in [-0.25, -0.2) is 9.97 Å². The van der Waals surface area contributed by atoms with Crippen molar-refractivity contribution in [2.45, 2.75) is 39.8 Å². The van der Waals surface area contributed by atoms with E-state index >= 15 is 0 Å². The van der Waals surface area contributed by atoms with Gasteiger partial charge in [0.2, 0.25) is 5.95 Å². The summed E-state index contributed by atoms with van der Waals surface area (Å²) in [6.45, 7) is 8.05. The lowest BCUT2D eigenvalue weighted by Crippen LogP contribution is -2.40. The van der Waals surface area contributed by atoms with Crippen molar-refractivity contribution in [2.24, 2.45) is 7.05 Å². The Kier molecular flexibility index (Phi) is 6.58. The summed E-state index contributed by atoms with van der Waals surface area (Å²) in [6, 6.07) is 7.86. The average Bonchev–Trinajstić information content (AvgIpc) is 3.06. The van der Waals surface area contributed by atoms with E-state index in [1.807, 2.05) is 70.4 Å². The van der Waals surface area contributed by atoms with E-state index in [4.69, 9.17) is 0 Å². The topological polar surface area (TPSA) is 79.2 Å². The average molecular weight is 422 g/mol. The van der Waals surface area contributed by atoms with Crippen molar-refractivity contribution in [3.63, 3.8) is 0 Å². The van der Waals surface area contributed by atoms with Crippen LogP contribution >= 0.6 is 0 Å². The number of carbonyl (C=O) groups is 1. The number of hydrogen-bond donors (Lipinski definition) is 1. The first kappa shape index (κ1) is 22.3. The number of aromatic nitrogens is 4. The van der Waals surface area contributed by atoms with Gasteiger partial charge in [-0.3, -0.25) is 4.68 Å². The first-order valence-corrected chi connectivity index (χ1v) is 10.4. The van der Waals surface area contributed by atoms with Crippen LogP contribution in [0.5, 0.6) is 0 Å². The van der Waals surface area contributed by atoms with Crippen LogP contribution in [-0.4, -0.2) is 52.2 Å². The van der Waals surface area contributed by atoms with Crippen molar-refractivity contribution in [1.82, 2.24) is 19.7 Å². The summed E-state index contributed by atoms with van der Waals surface area (Å²) in [5.41, 5.74) is 5.57. The van der Waals surface area contributed by atoms with E-state index < -0.39 is 0 Å². The third-order valence-electron chi connectivity index (χ3n) is 5.13. The molecule has 31 heavy (non-hydrogen) atoms. The molecule has 2 heterocycles. The van der Waals surface area contributed by atoms with Crippen molar-refractivity contribution in [3.05, 3.63) is 42.4 Å². The highest BCUT2D eigenvalue weighted by atomic mass is 16.1. The SMILES string of the molecule is Cc1nn(C)cc1-c1ccnc(Nc2ccc(N(C)C)c(N(C(C)C)C(C)C=O)c2)n1. The number of hydrogen-bond acceptors (Lipinski definition) is 7. The van der Waals surface area contributed by atoms with Crippen LogP contribution in [0.15, 0.2) is 36.7 Å². The van der Waals surface area contributed by atoms with Crippen LogP contribution in [-0.2, 0) is 11.8 Å². The van der Waals surface area contributed by atoms with Gasteiger partial charge in [0.25, 0.3) is 0 Å². The third kappa shape index (κ3) is 4.84. The molecule has 1 atom stereocenters. The quantitative estimate of drug-likeness (QED) is 0.554. The van der Waals surface area contributed by atoms with Gasteiger partial charge in [0.15, 0.2) is 0 Å². The van der Waals surface area contributed by atoms with Gasteiger partial charge in [0, 0.05) is 50.8 Å². The van der Waals surface area contributed by atoms with Gasteiger partial charge >= 0.3 is 0 Å². The number of nitrogens with zero attached hydrogens (tertiary/aromatic N) is 6. The van der Waals surface area contributed by atoms with Gasteiger partial charge in [-0.15, -0.1) is 0 Å². The molecule has 2 aromatic heterocycles. The number of nitrogens with one attached hydrogen (secondary N) is 1. The number of aldehydes is 1. The van der Waals surface area contributed by atoms with Crippen molar-refractivity contribution < 1.29 is 4.79 Å². The number of anilines is 4. The Labute approximate surface area is 183 Å². The van der Waals surface area contributed by atoms with Gasteiger partial charge < -0.3 is 19.9 Å². The number of rotatable bonds is 8. The van der Waals surface area contributed by atoms with E-state index in [-0.39, 0.29) is 12.1 Å². The molecule has 8 nitrogen and oxygen atoms in total. The summed E-state index contributed by atoms with van der Waals surface area (Å²) in [7, 11) is 5.89. The predicted molar refractivity (Wildman–Crippen MR) is 126 cm³/mol. The fraction of sp³-hybridized carbons (Fsp3) is 0.391. The van der Waals surface area contributed by atoms with Gasteiger partial charge in [-0.05, 0) is 52.0 Å². The molecule has 0 spiro atoms. The molecule has 0 radical (unpaired) electrons. The fourth-order valence-corrected chi connectivity index (χ4v) is 3.77.